The molecule has 39 heavy (non-hydrogen) atoms. The number of carboxylic acid groups (broad SMARTS) is 1. The molecule has 0 saturated heterocycles. The third-order valence-electron chi connectivity index (χ3n) is 6.16. The Morgan fingerprint density at radius 3 is 2.44 bits per heavy atom. The number of carbonyl (C=O) groups excluding carboxylic acids is 3. The number of amides is 2. The third kappa shape index (κ3) is 5.94. The van der Waals surface area contributed by atoms with Gasteiger partial charge in [-0.05, 0) is 53.8 Å². The molecule has 5 rings (SSSR count). The first kappa shape index (κ1) is 25.6. The van der Waals surface area contributed by atoms with Gasteiger partial charge in [0.25, 0.3) is 11.8 Å². The quantitative estimate of drug-likeness (QED) is 0.161. The lowest BCUT2D eigenvalue weighted by atomic mass is 9.99. The number of aliphatic carboxylic acids is 1. The molecule has 1 aliphatic heterocycles. The summed E-state index contributed by atoms with van der Waals surface area (Å²) in [5.41, 5.74) is 4.61. The molecule has 3 aromatic carbocycles. The Balaban J connectivity index is 1.29. The molecule has 8 nitrogen and oxygen atoms in total. The molecule has 0 bridgehead atoms. The molecular formula is C30H23N3O5S. The van der Waals surface area contributed by atoms with E-state index in [4.69, 9.17) is 5.11 Å². The first-order valence-corrected chi connectivity index (χ1v) is 13.0. The van der Waals surface area contributed by atoms with Gasteiger partial charge in [-0.2, -0.15) is 0 Å². The van der Waals surface area contributed by atoms with E-state index in [1.807, 2.05) is 29.6 Å². The Kier molecular flexibility index (Phi) is 7.33. The zero-order valence-electron chi connectivity index (χ0n) is 20.6. The average Bonchev–Trinajstić information content (AvgIpc) is 3.58. The van der Waals surface area contributed by atoms with Gasteiger partial charge in [0.1, 0.15) is 0 Å². The third-order valence-corrected chi connectivity index (χ3v) is 7.03. The summed E-state index contributed by atoms with van der Waals surface area (Å²) >= 11 is 1.33. The number of hydrogen-bond acceptors (Lipinski definition) is 6. The monoisotopic (exact) mass is 537 g/mol. The highest BCUT2D eigenvalue weighted by Gasteiger charge is 2.25. The fourth-order valence-corrected chi connectivity index (χ4v) is 4.78. The van der Waals surface area contributed by atoms with E-state index in [9.17, 15) is 19.2 Å². The van der Waals surface area contributed by atoms with Crippen LogP contribution in [-0.2, 0) is 16.0 Å². The van der Waals surface area contributed by atoms with Crippen molar-refractivity contribution in [2.75, 3.05) is 16.0 Å². The van der Waals surface area contributed by atoms with Gasteiger partial charge in [-0.25, -0.2) is 0 Å². The van der Waals surface area contributed by atoms with Crippen LogP contribution >= 0.6 is 11.3 Å². The van der Waals surface area contributed by atoms with Crippen LogP contribution in [-0.4, -0.2) is 28.7 Å². The smallest absolute Gasteiger partial charge is 0.303 e. The van der Waals surface area contributed by atoms with Gasteiger partial charge in [-0.3, -0.25) is 19.2 Å². The first-order chi connectivity index (χ1) is 18.9. The molecule has 4 N–H and O–H groups in total. The maximum atomic E-state index is 13.2. The van der Waals surface area contributed by atoms with Crippen LogP contribution in [0, 0.1) is 0 Å². The molecule has 0 radical (unpaired) electrons. The van der Waals surface area contributed by atoms with Crippen molar-refractivity contribution < 1.29 is 24.3 Å². The number of aryl methyl sites for hydroxylation is 1. The second kappa shape index (κ2) is 11.2. The summed E-state index contributed by atoms with van der Waals surface area (Å²) in [6, 6.07) is 22.6. The molecule has 194 valence electrons. The summed E-state index contributed by atoms with van der Waals surface area (Å²) in [5, 5.41) is 19.4. The standard InChI is InChI=1S/C30H23N3O5S/c34-27(35)13-8-18-6-10-21(11-7-18)31-17-24-23-12-9-20(16-25(23)33-29(24)37)28(36)19-3-1-4-22(15-19)32-30(38)26-5-2-14-39-26/h1-7,9-12,14-17,31H,8,13H2,(H,32,38)(H,33,37)(H,34,35). The Hall–Kier alpha value is -5.02. The summed E-state index contributed by atoms with van der Waals surface area (Å²) in [5.74, 6) is -1.61. The molecule has 2 amide bonds. The molecule has 1 aromatic heterocycles. The Morgan fingerprint density at radius 1 is 0.897 bits per heavy atom. The molecule has 0 fully saturated rings. The molecule has 0 saturated carbocycles. The fourth-order valence-electron chi connectivity index (χ4n) is 4.16. The second-order valence-electron chi connectivity index (χ2n) is 8.85. The van der Waals surface area contributed by atoms with Crippen molar-refractivity contribution in [3.8, 4) is 0 Å². The number of ketones is 1. The van der Waals surface area contributed by atoms with Crippen molar-refractivity contribution in [2.24, 2.45) is 0 Å². The lowest BCUT2D eigenvalue weighted by molar-refractivity contribution is -0.137. The summed E-state index contributed by atoms with van der Waals surface area (Å²) in [6.07, 6.45) is 2.12. The fraction of sp³-hybridized carbons (Fsp3) is 0.0667. The van der Waals surface area contributed by atoms with Crippen LogP contribution in [0.25, 0.3) is 5.57 Å². The Bertz CT molecular complexity index is 1610. The Labute approximate surface area is 228 Å². The van der Waals surface area contributed by atoms with E-state index in [1.54, 1.807) is 60.8 Å². The number of hydrogen-bond donors (Lipinski definition) is 4. The maximum absolute atomic E-state index is 13.2. The van der Waals surface area contributed by atoms with Crippen molar-refractivity contribution in [2.45, 2.75) is 12.8 Å². The van der Waals surface area contributed by atoms with Crippen LogP contribution in [0.3, 0.4) is 0 Å². The van der Waals surface area contributed by atoms with Gasteiger partial charge in [-0.1, -0.05) is 42.5 Å². The number of rotatable bonds is 9. The molecule has 2 heterocycles. The zero-order chi connectivity index (χ0) is 27.4. The number of anilines is 3. The van der Waals surface area contributed by atoms with Gasteiger partial charge in [-0.15, -0.1) is 11.3 Å². The molecule has 0 spiro atoms. The maximum Gasteiger partial charge on any atom is 0.303 e. The minimum Gasteiger partial charge on any atom is -0.481 e. The van der Waals surface area contributed by atoms with Crippen LogP contribution in [0.1, 0.15) is 43.1 Å². The van der Waals surface area contributed by atoms with Crippen LogP contribution in [0.2, 0.25) is 0 Å². The highest BCUT2D eigenvalue weighted by Crippen LogP contribution is 2.33. The minimum atomic E-state index is -0.843. The van der Waals surface area contributed by atoms with Crippen molar-refractivity contribution in [3.05, 3.63) is 118 Å². The van der Waals surface area contributed by atoms with Gasteiger partial charge in [0, 0.05) is 46.4 Å². The number of benzene rings is 3. The summed E-state index contributed by atoms with van der Waals surface area (Å²) in [4.78, 5) is 49.6. The van der Waals surface area contributed by atoms with E-state index in [-0.39, 0.29) is 24.0 Å². The molecule has 1 aliphatic rings. The van der Waals surface area contributed by atoms with E-state index in [2.05, 4.69) is 16.0 Å². The lowest BCUT2D eigenvalue weighted by Crippen LogP contribution is -2.11. The van der Waals surface area contributed by atoms with Gasteiger partial charge < -0.3 is 21.1 Å². The SMILES string of the molecule is O=C(O)CCc1ccc(NC=C2C(=O)Nc3cc(C(=O)c4cccc(NC(=O)c5cccs5)c4)ccc32)cc1. The van der Waals surface area contributed by atoms with Gasteiger partial charge >= 0.3 is 5.97 Å². The number of nitrogens with one attached hydrogen (secondary N) is 3. The normalized spacial score (nSPS) is 13.0. The summed E-state index contributed by atoms with van der Waals surface area (Å²) in [7, 11) is 0. The van der Waals surface area contributed by atoms with E-state index < -0.39 is 5.97 Å². The number of carboxylic acids is 1. The number of thiophene rings is 1. The number of fused-ring (bicyclic) bond motifs is 1. The van der Waals surface area contributed by atoms with Crippen molar-refractivity contribution in [1.29, 1.82) is 0 Å². The first-order valence-electron chi connectivity index (χ1n) is 12.1. The minimum absolute atomic E-state index is 0.0653. The molecule has 9 heteroatoms. The largest absolute Gasteiger partial charge is 0.481 e. The van der Waals surface area contributed by atoms with E-state index >= 15 is 0 Å². The Morgan fingerprint density at radius 2 is 1.69 bits per heavy atom. The van der Waals surface area contributed by atoms with Crippen LogP contribution in [0.5, 0.6) is 0 Å². The van der Waals surface area contributed by atoms with Crippen molar-refractivity contribution in [1.82, 2.24) is 0 Å². The van der Waals surface area contributed by atoms with Crippen LogP contribution < -0.4 is 16.0 Å². The lowest BCUT2D eigenvalue weighted by Gasteiger charge is -2.08. The van der Waals surface area contributed by atoms with E-state index in [1.165, 1.54) is 11.3 Å². The molecule has 0 unspecified atom stereocenters. The second-order valence-corrected chi connectivity index (χ2v) is 9.80. The molecule has 0 atom stereocenters. The molecule has 0 aliphatic carbocycles. The summed E-state index contributed by atoms with van der Waals surface area (Å²) < 4.78 is 0. The number of carbonyl (C=O) groups is 4. The topological polar surface area (TPSA) is 125 Å². The predicted octanol–water partition coefficient (Wildman–Crippen LogP) is 5.65. The average molecular weight is 538 g/mol. The molecular weight excluding hydrogens is 514 g/mol. The highest BCUT2D eigenvalue weighted by molar-refractivity contribution is 7.12. The van der Waals surface area contributed by atoms with E-state index in [0.717, 1.165) is 11.3 Å². The van der Waals surface area contributed by atoms with Crippen molar-refractivity contribution >= 4 is 57.5 Å². The zero-order valence-corrected chi connectivity index (χ0v) is 21.4. The van der Waals surface area contributed by atoms with Crippen molar-refractivity contribution in [3.63, 3.8) is 0 Å². The predicted molar refractivity (Wildman–Crippen MR) is 151 cm³/mol. The van der Waals surface area contributed by atoms with Gasteiger partial charge in [0.15, 0.2) is 5.78 Å². The van der Waals surface area contributed by atoms with Gasteiger partial charge in [0.2, 0.25) is 0 Å². The van der Waals surface area contributed by atoms with Crippen LogP contribution in [0.15, 0.2) is 90.4 Å². The van der Waals surface area contributed by atoms with Crippen LogP contribution in [0.4, 0.5) is 17.1 Å². The van der Waals surface area contributed by atoms with E-state index in [0.29, 0.717) is 44.9 Å². The highest BCUT2D eigenvalue weighted by atomic mass is 32.1. The summed E-state index contributed by atoms with van der Waals surface area (Å²) in [6.45, 7) is 0. The molecule has 4 aromatic rings. The van der Waals surface area contributed by atoms with Gasteiger partial charge in [0.05, 0.1) is 10.5 Å².